The Labute approximate surface area is 97.1 Å². The van der Waals surface area contributed by atoms with Crippen molar-refractivity contribution < 1.29 is 14.6 Å². The summed E-state index contributed by atoms with van der Waals surface area (Å²) in [6.07, 6.45) is 0. The number of hydrogen-bond donors (Lipinski definition) is 2. The Kier molecular flexibility index (Phi) is 2.74. The third-order valence-electron chi connectivity index (χ3n) is 2.25. The van der Waals surface area contributed by atoms with Crippen LogP contribution in [-0.4, -0.2) is 27.6 Å². The minimum absolute atomic E-state index is 0.0166. The van der Waals surface area contributed by atoms with E-state index in [1.54, 1.807) is 22.6 Å². The number of ether oxygens (including phenoxy) is 1. The summed E-state index contributed by atoms with van der Waals surface area (Å²) in [5.74, 6) is 0.378. The number of carbonyl (C=O) groups is 1. The van der Waals surface area contributed by atoms with Gasteiger partial charge in [-0.05, 0) is 12.1 Å². The van der Waals surface area contributed by atoms with E-state index in [2.05, 4.69) is 17.6 Å². The summed E-state index contributed by atoms with van der Waals surface area (Å²) in [5, 5.41) is 9.01. The average Bonchev–Trinajstić information content (AvgIpc) is 2.67. The molecule has 0 atom stereocenters. The highest BCUT2D eigenvalue weighted by atomic mass is 32.1. The van der Waals surface area contributed by atoms with Crippen molar-refractivity contribution in [3.05, 3.63) is 29.7 Å². The van der Waals surface area contributed by atoms with Crippen LogP contribution in [0.2, 0.25) is 0 Å². The second-order valence-corrected chi connectivity index (χ2v) is 3.44. The van der Waals surface area contributed by atoms with Crippen molar-refractivity contribution in [3.63, 3.8) is 0 Å². The van der Waals surface area contributed by atoms with Gasteiger partial charge in [0.05, 0.1) is 12.6 Å². The molecule has 0 fully saturated rings. The van der Waals surface area contributed by atoms with Gasteiger partial charge in [-0.15, -0.1) is 0 Å². The number of carboxylic acids is 1. The van der Waals surface area contributed by atoms with Gasteiger partial charge < -0.3 is 9.84 Å². The van der Waals surface area contributed by atoms with E-state index in [1.807, 2.05) is 0 Å². The van der Waals surface area contributed by atoms with Crippen molar-refractivity contribution in [2.24, 2.45) is 0 Å². The van der Waals surface area contributed by atoms with Gasteiger partial charge in [-0.1, -0.05) is 6.07 Å². The van der Waals surface area contributed by atoms with E-state index in [0.717, 1.165) is 0 Å². The van der Waals surface area contributed by atoms with Gasteiger partial charge in [0.2, 0.25) is 0 Å². The Morgan fingerprint density at radius 1 is 1.62 bits per heavy atom. The molecule has 0 aliphatic rings. The summed E-state index contributed by atoms with van der Waals surface area (Å²) in [6.45, 7) is 0. The van der Waals surface area contributed by atoms with Crippen molar-refractivity contribution in [3.8, 4) is 5.88 Å². The zero-order valence-electron chi connectivity index (χ0n) is 8.54. The van der Waals surface area contributed by atoms with E-state index in [0.29, 0.717) is 23.0 Å². The zero-order chi connectivity index (χ0) is 11.7. The van der Waals surface area contributed by atoms with Gasteiger partial charge in [0, 0.05) is 5.75 Å². The molecule has 0 radical (unpaired) electrons. The fraction of sp³-hybridized carbons (Fsp3) is 0.200. The normalized spacial score (nSPS) is 10.6. The summed E-state index contributed by atoms with van der Waals surface area (Å²) in [6, 6.07) is 5.16. The lowest BCUT2D eigenvalue weighted by atomic mass is 10.3. The quantitative estimate of drug-likeness (QED) is 0.795. The van der Waals surface area contributed by atoms with E-state index < -0.39 is 5.97 Å². The van der Waals surface area contributed by atoms with E-state index in [1.165, 1.54) is 7.11 Å². The summed E-state index contributed by atoms with van der Waals surface area (Å²) >= 11 is 4.12. The maximum atomic E-state index is 11.0. The Morgan fingerprint density at radius 3 is 2.94 bits per heavy atom. The van der Waals surface area contributed by atoms with Gasteiger partial charge in [0.1, 0.15) is 5.82 Å². The van der Waals surface area contributed by atoms with Gasteiger partial charge in [0.25, 0.3) is 0 Å². The molecule has 16 heavy (non-hydrogen) atoms. The third kappa shape index (κ3) is 1.51. The molecule has 0 saturated heterocycles. The minimum Gasteiger partial charge on any atom is -0.482 e. The molecule has 84 valence electrons. The molecule has 2 aromatic heterocycles. The monoisotopic (exact) mass is 238 g/mol. The molecule has 0 amide bonds. The smallest absolute Gasteiger partial charge is 0.356 e. The zero-order valence-corrected chi connectivity index (χ0v) is 9.44. The lowest BCUT2D eigenvalue weighted by Crippen LogP contribution is -1.98. The molecule has 2 heterocycles. The van der Waals surface area contributed by atoms with Crippen molar-refractivity contribution in [1.29, 1.82) is 0 Å². The first-order chi connectivity index (χ1) is 7.69. The molecule has 2 rings (SSSR count). The molecule has 2 aromatic rings. The van der Waals surface area contributed by atoms with Crippen LogP contribution in [0.15, 0.2) is 18.2 Å². The topological polar surface area (TPSA) is 63.8 Å². The van der Waals surface area contributed by atoms with Crippen molar-refractivity contribution in [2.45, 2.75) is 5.75 Å². The van der Waals surface area contributed by atoms with Crippen LogP contribution in [0.25, 0.3) is 5.52 Å². The first kappa shape index (κ1) is 10.8. The number of hydrogen-bond acceptors (Lipinski definition) is 4. The standard InChI is InChI=1S/C10H10N2O3S/c1-15-8-4-2-3-6-9(10(13)14)11-7(5-16)12(6)8/h2-4,16H,5H2,1H3,(H,13,14). The van der Waals surface area contributed by atoms with Gasteiger partial charge in [-0.25, -0.2) is 9.78 Å². The number of thiol groups is 1. The van der Waals surface area contributed by atoms with Crippen LogP contribution in [0.3, 0.4) is 0 Å². The highest BCUT2D eigenvalue weighted by Gasteiger charge is 2.17. The molecule has 0 aliphatic heterocycles. The number of methoxy groups -OCH3 is 1. The summed E-state index contributed by atoms with van der Waals surface area (Å²) in [5.41, 5.74) is 0.527. The molecule has 0 bridgehead atoms. The van der Waals surface area contributed by atoms with Crippen LogP contribution in [0.4, 0.5) is 0 Å². The number of carboxylic acid groups (broad SMARTS) is 1. The molecular weight excluding hydrogens is 228 g/mol. The van der Waals surface area contributed by atoms with Crippen molar-refractivity contribution in [1.82, 2.24) is 9.38 Å². The Morgan fingerprint density at radius 2 is 2.38 bits per heavy atom. The largest absolute Gasteiger partial charge is 0.482 e. The van der Waals surface area contributed by atoms with Gasteiger partial charge in [-0.3, -0.25) is 4.40 Å². The van der Waals surface area contributed by atoms with E-state index in [4.69, 9.17) is 9.84 Å². The maximum Gasteiger partial charge on any atom is 0.356 e. The molecule has 5 nitrogen and oxygen atoms in total. The van der Waals surface area contributed by atoms with Crippen LogP contribution < -0.4 is 4.74 Å². The highest BCUT2D eigenvalue weighted by Crippen LogP contribution is 2.21. The number of aromatic carboxylic acids is 1. The predicted octanol–water partition coefficient (Wildman–Crippen LogP) is 1.47. The number of fused-ring (bicyclic) bond motifs is 1. The lowest BCUT2D eigenvalue weighted by molar-refractivity contribution is 0.0693. The first-order valence-corrected chi connectivity index (χ1v) is 5.20. The van der Waals surface area contributed by atoms with Gasteiger partial charge in [-0.2, -0.15) is 12.6 Å². The number of aromatic nitrogens is 2. The number of rotatable bonds is 3. The van der Waals surface area contributed by atoms with Crippen LogP contribution >= 0.6 is 12.6 Å². The Balaban J connectivity index is 2.84. The molecule has 1 N–H and O–H groups in total. The molecule has 0 aliphatic carbocycles. The van der Waals surface area contributed by atoms with E-state index >= 15 is 0 Å². The predicted molar refractivity (Wildman–Crippen MR) is 61.4 cm³/mol. The second kappa shape index (κ2) is 4.05. The summed E-state index contributed by atoms with van der Waals surface area (Å²) < 4.78 is 6.81. The first-order valence-electron chi connectivity index (χ1n) is 4.57. The Hall–Kier alpha value is -1.69. The van der Waals surface area contributed by atoms with Crippen LogP contribution in [0.1, 0.15) is 16.3 Å². The SMILES string of the molecule is COc1cccc2c(C(=O)O)nc(CS)n12. The van der Waals surface area contributed by atoms with Crippen LogP contribution in [-0.2, 0) is 5.75 Å². The van der Waals surface area contributed by atoms with Crippen molar-refractivity contribution >= 4 is 24.1 Å². The summed E-state index contributed by atoms with van der Waals surface area (Å²) in [7, 11) is 1.53. The summed E-state index contributed by atoms with van der Waals surface area (Å²) in [4.78, 5) is 15.0. The minimum atomic E-state index is -1.06. The number of nitrogens with zero attached hydrogens (tertiary/aromatic N) is 2. The van der Waals surface area contributed by atoms with E-state index in [-0.39, 0.29) is 5.69 Å². The van der Waals surface area contributed by atoms with Crippen molar-refractivity contribution in [2.75, 3.05) is 7.11 Å². The van der Waals surface area contributed by atoms with Crippen LogP contribution in [0.5, 0.6) is 5.88 Å². The van der Waals surface area contributed by atoms with E-state index in [9.17, 15) is 4.79 Å². The Bertz CT molecular complexity index is 550. The number of imidazole rings is 1. The molecule has 0 unspecified atom stereocenters. The molecule has 0 aromatic carbocycles. The van der Waals surface area contributed by atoms with Gasteiger partial charge in [0.15, 0.2) is 11.6 Å². The second-order valence-electron chi connectivity index (χ2n) is 3.13. The fourth-order valence-electron chi connectivity index (χ4n) is 1.60. The fourth-order valence-corrected chi connectivity index (χ4v) is 1.81. The number of pyridine rings is 1. The van der Waals surface area contributed by atoms with Crippen LogP contribution in [0, 0.1) is 0 Å². The highest BCUT2D eigenvalue weighted by molar-refractivity contribution is 7.79. The lowest BCUT2D eigenvalue weighted by Gasteiger charge is -2.05. The van der Waals surface area contributed by atoms with Gasteiger partial charge >= 0.3 is 5.97 Å². The average molecular weight is 238 g/mol. The maximum absolute atomic E-state index is 11.0. The third-order valence-corrected chi connectivity index (χ3v) is 2.53. The molecular formula is C10H10N2O3S. The molecule has 0 saturated carbocycles. The molecule has 6 heteroatoms. The molecule has 0 spiro atoms.